The Labute approximate surface area is 114 Å². The summed E-state index contributed by atoms with van der Waals surface area (Å²) in [5.41, 5.74) is 1.83. The lowest BCUT2D eigenvalue weighted by Crippen LogP contribution is -2.29. The van der Waals surface area contributed by atoms with Gasteiger partial charge in [0.25, 0.3) is 0 Å². The zero-order valence-electron chi connectivity index (χ0n) is 11.9. The topological polar surface area (TPSA) is 56.7 Å². The SMILES string of the molecule is Cc1cc(/C=C/C(=O)O)cnc1N(C)CCN(C)C. The van der Waals surface area contributed by atoms with Crippen LogP contribution in [-0.4, -0.2) is 55.2 Å². The zero-order valence-corrected chi connectivity index (χ0v) is 11.9. The highest BCUT2D eigenvalue weighted by molar-refractivity contribution is 5.85. The van der Waals surface area contributed by atoms with Crippen molar-refractivity contribution >= 4 is 17.9 Å². The number of carbonyl (C=O) groups is 1. The molecule has 0 radical (unpaired) electrons. The minimum Gasteiger partial charge on any atom is -0.478 e. The Balaban J connectivity index is 2.79. The molecule has 1 rings (SSSR count). The van der Waals surface area contributed by atoms with Gasteiger partial charge in [-0.2, -0.15) is 0 Å². The lowest BCUT2D eigenvalue weighted by atomic mass is 10.2. The summed E-state index contributed by atoms with van der Waals surface area (Å²) in [4.78, 5) is 19.1. The van der Waals surface area contributed by atoms with Crippen LogP contribution in [0.5, 0.6) is 0 Å². The second-order valence-electron chi connectivity index (χ2n) is 4.81. The standard InChI is InChI=1S/C14H21N3O2/c1-11-9-12(5-6-13(18)19)10-15-14(11)17(4)8-7-16(2)3/h5-6,9-10H,7-8H2,1-4H3,(H,18,19)/b6-5+. The van der Waals surface area contributed by atoms with E-state index in [0.717, 1.165) is 36.1 Å². The fraction of sp³-hybridized carbons (Fsp3) is 0.429. The molecule has 0 amide bonds. The van der Waals surface area contributed by atoms with Crippen molar-refractivity contribution in [2.75, 3.05) is 39.1 Å². The van der Waals surface area contributed by atoms with Crippen molar-refractivity contribution in [1.29, 1.82) is 0 Å². The summed E-state index contributed by atoms with van der Waals surface area (Å²) in [7, 11) is 6.08. The normalized spacial score (nSPS) is 11.2. The molecule has 0 saturated carbocycles. The fourth-order valence-corrected chi connectivity index (χ4v) is 1.70. The van der Waals surface area contributed by atoms with Crippen LogP contribution in [0.4, 0.5) is 5.82 Å². The molecule has 1 heterocycles. The van der Waals surface area contributed by atoms with Crippen molar-refractivity contribution in [3.05, 3.63) is 29.5 Å². The van der Waals surface area contributed by atoms with Crippen LogP contribution in [0.3, 0.4) is 0 Å². The molecular weight excluding hydrogens is 242 g/mol. The average Bonchev–Trinajstić information content (AvgIpc) is 2.33. The predicted octanol–water partition coefficient (Wildman–Crippen LogP) is 1.49. The van der Waals surface area contributed by atoms with Crippen molar-refractivity contribution in [3.8, 4) is 0 Å². The maximum Gasteiger partial charge on any atom is 0.328 e. The summed E-state index contributed by atoms with van der Waals surface area (Å²) in [5.74, 6) is -0.0286. The molecule has 1 aromatic rings. The van der Waals surface area contributed by atoms with Crippen molar-refractivity contribution in [2.45, 2.75) is 6.92 Å². The number of likely N-dealkylation sites (N-methyl/N-ethyl adjacent to an activating group) is 2. The zero-order chi connectivity index (χ0) is 14.4. The van der Waals surface area contributed by atoms with E-state index in [4.69, 9.17) is 5.11 Å². The second kappa shape index (κ2) is 6.89. The second-order valence-corrected chi connectivity index (χ2v) is 4.81. The number of rotatable bonds is 6. The highest BCUT2D eigenvalue weighted by Crippen LogP contribution is 2.17. The van der Waals surface area contributed by atoms with Gasteiger partial charge in [0.2, 0.25) is 0 Å². The Morgan fingerprint density at radius 3 is 2.58 bits per heavy atom. The van der Waals surface area contributed by atoms with E-state index < -0.39 is 5.97 Å². The quantitative estimate of drug-likeness (QED) is 0.788. The molecule has 0 aliphatic carbocycles. The first-order valence-corrected chi connectivity index (χ1v) is 6.13. The third-order valence-corrected chi connectivity index (χ3v) is 2.73. The molecule has 0 fully saturated rings. The monoisotopic (exact) mass is 263 g/mol. The molecule has 0 aliphatic rings. The minimum atomic E-state index is -0.954. The Morgan fingerprint density at radius 2 is 2.05 bits per heavy atom. The van der Waals surface area contributed by atoms with Crippen molar-refractivity contribution < 1.29 is 9.90 Å². The van der Waals surface area contributed by atoms with Crippen LogP contribution in [0.1, 0.15) is 11.1 Å². The van der Waals surface area contributed by atoms with Crippen LogP contribution >= 0.6 is 0 Å². The van der Waals surface area contributed by atoms with Crippen LogP contribution in [-0.2, 0) is 4.79 Å². The predicted molar refractivity (Wildman–Crippen MR) is 77.5 cm³/mol. The van der Waals surface area contributed by atoms with Gasteiger partial charge in [-0.15, -0.1) is 0 Å². The van der Waals surface area contributed by atoms with E-state index in [0.29, 0.717) is 0 Å². The number of aryl methyl sites for hydroxylation is 1. The first-order chi connectivity index (χ1) is 8.90. The Hall–Kier alpha value is -1.88. The van der Waals surface area contributed by atoms with Gasteiger partial charge in [0.1, 0.15) is 5.82 Å². The van der Waals surface area contributed by atoms with Gasteiger partial charge in [-0.25, -0.2) is 9.78 Å². The van der Waals surface area contributed by atoms with Crippen LogP contribution in [0.2, 0.25) is 0 Å². The van der Waals surface area contributed by atoms with Gasteiger partial charge < -0.3 is 14.9 Å². The molecule has 0 aliphatic heterocycles. The Bertz CT molecular complexity index is 470. The molecule has 0 unspecified atom stereocenters. The number of hydrogen-bond donors (Lipinski definition) is 1. The van der Waals surface area contributed by atoms with Crippen molar-refractivity contribution in [3.63, 3.8) is 0 Å². The van der Waals surface area contributed by atoms with Gasteiger partial charge in [0, 0.05) is 32.4 Å². The molecule has 104 valence electrons. The number of carboxylic acid groups (broad SMARTS) is 1. The minimum absolute atomic E-state index is 0.796. The largest absolute Gasteiger partial charge is 0.478 e. The highest BCUT2D eigenvalue weighted by Gasteiger charge is 2.06. The van der Waals surface area contributed by atoms with E-state index in [1.54, 1.807) is 12.3 Å². The van der Waals surface area contributed by atoms with E-state index in [2.05, 4.69) is 14.8 Å². The number of pyridine rings is 1. The number of aromatic nitrogens is 1. The number of carboxylic acids is 1. The molecule has 5 nitrogen and oxygen atoms in total. The maximum absolute atomic E-state index is 10.5. The van der Waals surface area contributed by atoms with Gasteiger partial charge >= 0.3 is 5.97 Å². The molecule has 5 heteroatoms. The Morgan fingerprint density at radius 1 is 1.37 bits per heavy atom. The number of nitrogens with zero attached hydrogens (tertiary/aromatic N) is 3. The van der Waals surface area contributed by atoms with Crippen LogP contribution in [0.15, 0.2) is 18.3 Å². The van der Waals surface area contributed by atoms with Gasteiger partial charge in [-0.05, 0) is 44.3 Å². The first kappa shape index (κ1) is 15.2. The fourth-order valence-electron chi connectivity index (χ4n) is 1.70. The van der Waals surface area contributed by atoms with E-state index in [1.165, 1.54) is 0 Å². The molecule has 0 aromatic carbocycles. The first-order valence-electron chi connectivity index (χ1n) is 6.13. The summed E-state index contributed by atoms with van der Waals surface area (Å²) >= 11 is 0. The molecule has 0 saturated heterocycles. The third kappa shape index (κ3) is 5.09. The van der Waals surface area contributed by atoms with Gasteiger partial charge in [0.15, 0.2) is 0 Å². The van der Waals surface area contributed by atoms with E-state index in [1.807, 2.05) is 34.1 Å². The summed E-state index contributed by atoms with van der Waals surface area (Å²) in [6.45, 7) is 3.83. The number of aliphatic carboxylic acids is 1. The summed E-state index contributed by atoms with van der Waals surface area (Å²) in [6.07, 6.45) is 4.35. The third-order valence-electron chi connectivity index (χ3n) is 2.73. The molecule has 0 spiro atoms. The number of anilines is 1. The van der Waals surface area contributed by atoms with Gasteiger partial charge in [-0.3, -0.25) is 0 Å². The number of hydrogen-bond acceptors (Lipinski definition) is 4. The summed E-state index contributed by atoms with van der Waals surface area (Å²) in [6, 6.07) is 1.94. The van der Waals surface area contributed by atoms with E-state index in [9.17, 15) is 4.79 Å². The average molecular weight is 263 g/mol. The van der Waals surface area contributed by atoms with Gasteiger partial charge in [-0.1, -0.05) is 0 Å². The molecule has 1 aromatic heterocycles. The molecule has 0 bridgehead atoms. The molecular formula is C14H21N3O2. The lowest BCUT2D eigenvalue weighted by molar-refractivity contribution is -0.131. The smallest absolute Gasteiger partial charge is 0.328 e. The summed E-state index contributed by atoms with van der Waals surface area (Å²) < 4.78 is 0. The molecule has 0 atom stereocenters. The molecule has 1 N–H and O–H groups in total. The van der Waals surface area contributed by atoms with Crippen LogP contribution < -0.4 is 4.90 Å². The van der Waals surface area contributed by atoms with Crippen molar-refractivity contribution in [1.82, 2.24) is 9.88 Å². The van der Waals surface area contributed by atoms with Crippen LogP contribution in [0.25, 0.3) is 6.08 Å². The maximum atomic E-state index is 10.5. The Kier molecular flexibility index (Phi) is 5.51. The van der Waals surface area contributed by atoms with Crippen molar-refractivity contribution in [2.24, 2.45) is 0 Å². The lowest BCUT2D eigenvalue weighted by Gasteiger charge is -2.22. The summed E-state index contributed by atoms with van der Waals surface area (Å²) in [5, 5.41) is 8.59. The molecule has 19 heavy (non-hydrogen) atoms. The van der Waals surface area contributed by atoms with E-state index >= 15 is 0 Å². The highest BCUT2D eigenvalue weighted by atomic mass is 16.4. The van der Waals surface area contributed by atoms with Crippen LogP contribution in [0, 0.1) is 6.92 Å². The van der Waals surface area contributed by atoms with Gasteiger partial charge in [0.05, 0.1) is 0 Å². The van der Waals surface area contributed by atoms with E-state index in [-0.39, 0.29) is 0 Å².